The maximum atomic E-state index is 12.3. The van der Waals surface area contributed by atoms with Crippen molar-refractivity contribution >= 4 is 11.8 Å². The molecule has 0 bridgehead atoms. The summed E-state index contributed by atoms with van der Waals surface area (Å²) in [6.07, 6.45) is 7.38. The molecule has 2 fully saturated rings. The van der Waals surface area contributed by atoms with Crippen LogP contribution >= 0.6 is 0 Å². The molecule has 0 spiro atoms. The SMILES string of the molecule is COCC(NC(=O)NC1CCCN(c2nccn(C)c2=O)C1)C1CC1. The summed E-state index contributed by atoms with van der Waals surface area (Å²) in [6.45, 7) is 1.91. The molecule has 1 saturated heterocycles. The van der Waals surface area contributed by atoms with Gasteiger partial charge in [-0.1, -0.05) is 0 Å². The average Bonchev–Trinajstić information content (AvgIpc) is 3.42. The standard InChI is InChI=1S/C17H27N5O3/c1-21-9-7-18-15(16(21)23)22-8-3-4-13(10-22)19-17(24)20-14(11-25-2)12-5-6-12/h7,9,12-14H,3-6,8,10-11H2,1-2H3,(H2,19,20,24). The van der Waals surface area contributed by atoms with Crippen LogP contribution in [0.2, 0.25) is 0 Å². The van der Waals surface area contributed by atoms with Gasteiger partial charge in [-0.05, 0) is 31.6 Å². The van der Waals surface area contributed by atoms with Crippen molar-refractivity contribution in [2.24, 2.45) is 13.0 Å². The van der Waals surface area contributed by atoms with Crippen molar-refractivity contribution in [1.29, 1.82) is 0 Å². The number of anilines is 1. The van der Waals surface area contributed by atoms with E-state index < -0.39 is 0 Å². The number of hydrogen-bond donors (Lipinski definition) is 2. The molecule has 2 heterocycles. The first-order chi connectivity index (χ1) is 12.1. The van der Waals surface area contributed by atoms with E-state index in [1.54, 1.807) is 26.6 Å². The Morgan fingerprint density at radius 3 is 2.96 bits per heavy atom. The van der Waals surface area contributed by atoms with Crippen molar-refractivity contribution in [2.45, 2.75) is 37.8 Å². The Labute approximate surface area is 147 Å². The summed E-state index contributed by atoms with van der Waals surface area (Å²) in [5, 5.41) is 6.07. The van der Waals surface area contributed by atoms with Gasteiger partial charge < -0.3 is 24.8 Å². The van der Waals surface area contributed by atoms with Crippen LogP contribution in [-0.4, -0.2) is 54.5 Å². The maximum Gasteiger partial charge on any atom is 0.315 e. The van der Waals surface area contributed by atoms with E-state index in [9.17, 15) is 9.59 Å². The highest BCUT2D eigenvalue weighted by Crippen LogP contribution is 2.32. The van der Waals surface area contributed by atoms with E-state index in [1.807, 2.05) is 4.90 Å². The fourth-order valence-corrected chi connectivity index (χ4v) is 3.36. The van der Waals surface area contributed by atoms with Crippen LogP contribution in [0.1, 0.15) is 25.7 Å². The highest BCUT2D eigenvalue weighted by Gasteiger charge is 2.33. The van der Waals surface area contributed by atoms with Crippen molar-refractivity contribution in [3.05, 3.63) is 22.7 Å². The van der Waals surface area contributed by atoms with Crippen LogP contribution in [0, 0.1) is 5.92 Å². The zero-order valence-corrected chi connectivity index (χ0v) is 14.9. The molecule has 1 aromatic rings. The van der Waals surface area contributed by atoms with Crippen LogP contribution in [0.4, 0.5) is 10.6 Å². The molecular weight excluding hydrogens is 322 g/mol. The van der Waals surface area contributed by atoms with E-state index in [1.165, 1.54) is 4.57 Å². The number of nitrogens with zero attached hydrogens (tertiary/aromatic N) is 3. The lowest BCUT2D eigenvalue weighted by molar-refractivity contribution is 0.156. The van der Waals surface area contributed by atoms with E-state index in [0.29, 0.717) is 24.9 Å². The maximum absolute atomic E-state index is 12.3. The van der Waals surface area contributed by atoms with E-state index in [4.69, 9.17) is 4.74 Å². The fourth-order valence-electron chi connectivity index (χ4n) is 3.36. The monoisotopic (exact) mass is 349 g/mol. The van der Waals surface area contributed by atoms with Gasteiger partial charge in [0.05, 0.1) is 12.6 Å². The highest BCUT2D eigenvalue weighted by atomic mass is 16.5. The molecule has 2 unspecified atom stereocenters. The number of piperidine rings is 1. The molecule has 8 heteroatoms. The third-order valence-corrected chi connectivity index (χ3v) is 4.91. The van der Waals surface area contributed by atoms with E-state index in [-0.39, 0.29) is 23.7 Å². The van der Waals surface area contributed by atoms with Gasteiger partial charge in [-0.25, -0.2) is 9.78 Å². The molecule has 0 radical (unpaired) electrons. The molecular formula is C17H27N5O3. The number of methoxy groups -OCH3 is 1. The molecule has 0 aromatic carbocycles. The Kier molecular flexibility index (Phi) is 5.57. The molecule has 2 amide bonds. The van der Waals surface area contributed by atoms with Crippen molar-refractivity contribution < 1.29 is 9.53 Å². The Morgan fingerprint density at radius 2 is 2.24 bits per heavy atom. The van der Waals surface area contributed by atoms with Crippen molar-refractivity contribution in [2.75, 3.05) is 31.7 Å². The highest BCUT2D eigenvalue weighted by molar-refractivity contribution is 5.74. The number of carbonyl (C=O) groups is 1. The third kappa shape index (κ3) is 4.50. The van der Waals surface area contributed by atoms with E-state index in [0.717, 1.165) is 32.2 Å². The van der Waals surface area contributed by atoms with Gasteiger partial charge in [-0.2, -0.15) is 0 Å². The first-order valence-corrected chi connectivity index (χ1v) is 8.91. The number of ether oxygens (including phenoxy) is 1. The zero-order chi connectivity index (χ0) is 17.8. The number of rotatable bonds is 6. The van der Waals surface area contributed by atoms with E-state index in [2.05, 4.69) is 15.6 Å². The van der Waals surface area contributed by atoms with Crippen LogP contribution in [0.15, 0.2) is 17.2 Å². The van der Waals surface area contributed by atoms with Crippen molar-refractivity contribution in [3.8, 4) is 0 Å². The minimum Gasteiger partial charge on any atom is -0.383 e. The lowest BCUT2D eigenvalue weighted by atomic mass is 10.1. The topological polar surface area (TPSA) is 88.5 Å². The number of urea groups is 1. The molecule has 1 saturated carbocycles. The van der Waals surface area contributed by atoms with Gasteiger partial charge >= 0.3 is 6.03 Å². The van der Waals surface area contributed by atoms with Gasteiger partial charge in [0.2, 0.25) is 0 Å². The number of carbonyl (C=O) groups excluding carboxylic acids is 1. The fraction of sp³-hybridized carbons (Fsp3) is 0.706. The second-order valence-electron chi connectivity index (χ2n) is 6.97. The Bertz CT molecular complexity index is 658. The second kappa shape index (κ2) is 7.86. The number of nitrogens with one attached hydrogen (secondary N) is 2. The van der Waals surface area contributed by atoms with Crippen LogP contribution in [0.3, 0.4) is 0 Å². The average molecular weight is 349 g/mol. The Hall–Kier alpha value is -2.09. The predicted octanol–water partition coefficient (Wildman–Crippen LogP) is 0.473. The van der Waals surface area contributed by atoms with Gasteiger partial charge in [0.25, 0.3) is 5.56 Å². The Balaban J connectivity index is 1.57. The summed E-state index contributed by atoms with van der Waals surface area (Å²) < 4.78 is 6.72. The van der Waals surface area contributed by atoms with Crippen molar-refractivity contribution in [3.63, 3.8) is 0 Å². The Morgan fingerprint density at radius 1 is 1.44 bits per heavy atom. The largest absolute Gasteiger partial charge is 0.383 e. The van der Waals surface area contributed by atoms with Gasteiger partial charge in [-0.15, -0.1) is 0 Å². The summed E-state index contributed by atoms with van der Waals surface area (Å²) >= 11 is 0. The molecule has 25 heavy (non-hydrogen) atoms. The molecule has 3 rings (SSSR count). The normalized spacial score (nSPS) is 21.7. The molecule has 2 N–H and O–H groups in total. The number of aromatic nitrogens is 2. The number of aryl methyl sites for hydroxylation is 1. The van der Waals surface area contributed by atoms with Gasteiger partial charge in [0.1, 0.15) is 0 Å². The zero-order valence-electron chi connectivity index (χ0n) is 14.9. The molecule has 1 aromatic heterocycles. The number of hydrogen-bond acceptors (Lipinski definition) is 5. The quantitative estimate of drug-likeness (QED) is 0.780. The van der Waals surface area contributed by atoms with Crippen LogP contribution in [0.25, 0.3) is 0 Å². The van der Waals surface area contributed by atoms with E-state index >= 15 is 0 Å². The van der Waals surface area contributed by atoms with Crippen LogP contribution in [-0.2, 0) is 11.8 Å². The molecule has 1 aliphatic carbocycles. The summed E-state index contributed by atoms with van der Waals surface area (Å²) in [6, 6.07) is -0.0784. The van der Waals surface area contributed by atoms with Gasteiger partial charge in [0, 0.05) is 45.7 Å². The minimum atomic E-state index is -0.158. The van der Waals surface area contributed by atoms with Crippen LogP contribution in [0.5, 0.6) is 0 Å². The minimum absolute atomic E-state index is 0.00265. The van der Waals surface area contributed by atoms with Gasteiger partial charge in [-0.3, -0.25) is 4.79 Å². The lowest BCUT2D eigenvalue weighted by Gasteiger charge is -2.33. The second-order valence-corrected chi connectivity index (χ2v) is 6.97. The molecule has 8 nitrogen and oxygen atoms in total. The summed E-state index contributed by atoms with van der Waals surface area (Å²) in [5.74, 6) is 0.984. The molecule has 2 aliphatic rings. The first kappa shape index (κ1) is 17.7. The first-order valence-electron chi connectivity index (χ1n) is 8.91. The third-order valence-electron chi connectivity index (χ3n) is 4.91. The molecule has 2 atom stereocenters. The van der Waals surface area contributed by atoms with Crippen LogP contribution < -0.4 is 21.1 Å². The predicted molar refractivity (Wildman–Crippen MR) is 94.8 cm³/mol. The summed E-state index contributed by atoms with van der Waals surface area (Å²) in [4.78, 5) is 30.7. The number of amides is 2. The van der Waals surface area contributed by atoms with Gasteiger partial charge in [0.15, 0.2) is 5.82 Å². The molecule has 1 aliphatic heterocycles. The summed E-state index contributed by atoms with van der Waals surface area (Å²) in [7, 11) is 3.37. The molecule has 138 valence electrons. The summed E-state index contributed by atoms with van der Waals surface area (Å²) in [5.41, 5.74) is -0.110. The smallest absolute Gasteiger partial charge is 0.315 e. The lowest BCUT2D eigenvalue weighted by Crippen LogP contribution is -2.54. The van der Waals surface area contributed by atoms with Crippen molar-refractivity contribution in [1.82, 2.24) is 20.2 Å².